The zero-order chi connectivity index (χ0) is 22.5. The molecule has 3 rings (SSSR count). The highest BCUT2D eigenvalue weighted by Gasteiger charge is 2.36. The van der Waals surface area contributed by atoms with E-state index in [1.165, 1.54) is 50.6 Å². The van der Waals surface area contributed by atoms with Crippen molar-refractivity contribution in [2.75, 3.05) is 25.7 Å². The van der Waals surface area contributed by atoms with Crippen LogP contribution in [0.5, 0.6) is 17.2 Å². The molecule has 0 unspecified atom stereocenters. The number of carboxylic acid groups (broad SMARTS) is 1. The third kappa shape index (κ3) is 4.64. The number of rotatable bonds is 7. The van der Waals surface area contributed by atoms with E-state index in [0.29, 0.717) is 11.3 Å². The van der Waals surface area contributed by atoms with Gasteiger partial charge in [-0.3, -0.25) is 14.9 Å². The molecule has 1 heterocycles. The zero-order valence-corrected chi connectivity index (χ0v) is 16.6. The quantitative estimate of drug-likeness (QED) is 0.506. The number of hydrogen-bond acceptors (Lipinski definition) is 7. The van der Waals surface area contributed by atoms with Crippen molar-refractivity contribution < 1.29 is 38.5 Å². The van der Waals surface area contributed by atoms with Gasteiger partial charge in [-0.05, 0) is 48.0 Å². The third-order valence-electron chi connectivity index (χ3n) is 4.28. The van der Waals surface area contributed by atoms with Gasteiger partial charge < -0.3 is 19.3 Å². The van der Waals surface area contributed by atoms with E-state index in [0.717, 1.165) is 4.90 Å². The van der Waals surface area contributed by atoms with Gasteiger partial charge in [0, 0.05) is 0 Å². The summed E-state index contributed by atoms with van der Waals surface area (Å²) in [5, 5.41) is 10.9. The number of nitrogens with zero attached hydrogens (tertiary/aromatic N) is 1. The predicted octanol–water partition coefficient (Wildman–Crippen LogP) is 1.83. The van der Waals surface area contributed by atoms with E-state index in [2.05, 4.69) is 5.32 Å². The molecule has 1 fully saturated rings. The van der Waals surface area contributed by atoms with Crippen molar-refractivity contribution in [2.24, 2.45) is 0 Å². The Morgan fingerprint density at radius 1 is 1.03 bits per heavy atom. The maximum Gasteiger partial charge on any atom is 0.341 e. The first-order valence-corrected chi connectivity index (χ1v) is 8.92. The van der Waals surface area contributed by atoms with E-state index in [-0.39, 0.29) is 22.8 Å². The van der Waals surface area contributed by atoms with Gasteiger partial charge in [-0.1, -0.05) is 6.07 Å². The van der Waals surface area contributed by atoms with Crippen LogP contribution in [0.1, 0.15) is 5.56 Å². The monoisotopic (exact) mass is 426 g/mol. The van der Waals surface area contributed by atoms with Gasteiger partial charge in [0.1, 0.15) is 11.3 Å². The number of carbonyl (C=O) groups is 4. The molecule has 0 aromatic heterocycles. The summed E-state index contributed by atoms with van der Waals surface area (Å²) in [5.41, 5.74) is 0.399. The van der Waals surface area contributed by atoms with Crippen molar-refractivity contribution in [1.82, 2.24) is 5.32 Å². The summed E-state index contributed by atoms with van der Waals surface area (Å²) in [5.74, 6) is -1.86. The summed E-state index contributed by atoms with van der Waals surface area (Å²) in [6.45, 7) is -0.559. The van der Waals surface area contributed by atoms with Crippen LogP contribution >= 0.6 is 0 Å². The number of amides is 4. The Morgan fingerprint density at radius 2 is 1.74 bits per heavy atom. The normalized spacial score (nSPS) is 15.0. The van der Waals surface area contributed by atoms with Crippen molar-refractivity contribution in [1.29, 1.82) is 0 Å². The van der Waals surface area contributed by atoms with Crippen LogP contribution in [0.25, 0.3) is 6.08 Å². The molecule has 0 bridgehead atoms. The number of imide groups is 2. The Bertz CT molecular complexity index is 1080. The van der Waals surface area contributed by atoms with Crippen molar-refractivity contribution in [3.63, 3.8) is 0 Å². The fourth-order valence-electron chi connectivity index (χ4n) is 2.82. The SMILES string of the molecule is COc1ccc(N2C(=O)NC(=O)/C(=C/c3ccc(OCC(=O)O)c(OC)c3)C2=O)cc1. The van der Waals surface area contributed by atoms with Gasteiger partial charge in [0.05, 0.1) is 19.9 Å². The number of carboxylic acids is 1. The first kappa shape index (κ1) is 21.4. The lowest BCUT2D eigenvalue weighted by atomic mass is 10.1. The van der Waals surface area contributed by atoms with Crippen LogP contribution in [0, 0.1) is 0 Å². The molecule has 2 N–H and O–H groups in total. The number of methoxy groups -OCH3 is 2. The lowest BCUT2D eigenvalue weighted by Crippen LogP contribution is -2.54. The van der Waals surface area contributed by atoms with E-state index in [4.69, 9.17) is 19.3 Å². The molecule has 10 heteroatoms. The summed E-state index contributed by atoms with van der Waals surface area (Å²) in [6.07, 6.45) is 1.30. The van der Waals surface area contributed by atoms with E-state index < -0.39 is 30.4 Å². The van der Waals surface area contributed by atoms with Crippen LogP contribution in [-0.4, -0.2) is 49.7 Å². The molecule has 160 valence electrons. The topological polar surface area (TPSA) is 131 Å². The summed E-state index contributed by atoms with van der Waals surface area (Å²) in [6, 6.07) is 9.76. The number of urea groups is 1. The number of aliphatic carboxylic acids is 1. The molecule has 0 aliphatic carbocycles. The number of carbonyl (C=O) groups excluding carboxylic acids is 3. The van der Waals surface area contributed by atoms with Crippen LogP contribution < -0.4 is 24.4 Å². The highest BCUT2D eigenvalue weighted by Crippen LogP contribution is 2.30. The highest BCUT2D eigenvalue weighted by atomic mass is 16.5. The van der Waals surface area contributed by atoms with Crippen LogP contribution in [0.2, 0.25) is 0 Å². The fraction of sp³-hybridized carbons (Fsp3) is 0.143. The van der Waals surface area contributed by atoms with E-state index in [1.807, 2.05) is 0 Å². The zero-order valence-electron chi connectivity index (χ0n) is 16.6. The number of benzene rings is 2. The minimum absolute atomic E-state index is 0.182. The standard InChI is InChI=1S/C21H18N2O8/c1-29-14-6-4-13(5-7-14)23-20(27)15(19(26)22-21(23)28)9-12-3-8-16(17(10-12)30-2)31-11-18(24)25/h3-10H,11H2,1-2H3,(H,24,25)(H,22,26,28)/b15-9-. The molecule has 10 nitrogen and oxygen atoms in total. The highest BCUT2D eigenvalue weighted by molar-refractivity contribution is 6.39. The molecule has 1 aliphatic heterocycles. The second-order valence-electron chi connectivity index (χ2n) is 6.25. The third-order valence-corrected chi connectivity index (χ3v) is 4.28. The van der Waals surface area contributed by atoms with Crippen LogP contribution in [0.4, 0.5) is 10.5 Å². The van der Waals surface area contributed by atoms with Gasteiger partial charge >= 0.3 is 12.0 Å². The Hall–Kier alpha value is -4.34. The van der Waals surface area contributed by atoms with Crippen LogP contribution in [-0.2, 0) is 14.4 Å². The molecule has 2 aromatic rings. The smallest absolute Gasteiger partial charge is 0.341 e. The maximum atomic E-state index is 12.9. The lowest BCUT2D eigenvalue weighted by molar-refractivity contribution is -0.139. The second-order valence-corrected chi connectivity index (χ2v) is 6.25. The second kappa shape index (κ2) is 8.99. The summed E-state index contributed by atoms with van der Waals surface area (Å²) in [7, 11) is 2.85. The number of hydrogen-bond donors (Lipinski definition) is 2. The molecule has 0 saturated carbocycles. The van der Waals surface area contributed by atoms with E-state index in [9.17, 15) is 19.2 Å². The molecule has 2 aromatic carbocycles. The van der Waals surface area contributed by atoms with Crippen molar-refractivity contribution in [3.8, 4) is 17.2 Å². The van der Waals surface area contributed by atoms with Crippen molar-refractivity contribution in [2.45, 2.75) is 0 Å². The summed E-state index contributed by atoms with van der Waals surface area (Å²) >= 11 is 0. The van der Waals surface area contributed by atoms with Gasteiger partial charge in [-0.25, -0.2) is 14.5 Å². The average Bonchev–Trinajstić information content (AvgIpc) is 2.75. The lowest BCUT2D eigenvalue weighted by Gasteiger charge is -2.26. The Labute approximate surface area is 176 Å². The number of nitrogens with one attached hydrogen (secondary N) is 1. The molecule has 1 aliphatic rings. The van der Waals surface area contributed by atoms with Gasteiger partial charge in [0.2, 0.25) is 0 Å². The Balaban J connectivity index is 1.92. The first-order valence-electron chi connectivity index (χ1n) is 8.92. The minimum Gasteiger partial charge on any atom is -0.497 e. The van der Waals surface area contributed by atoms with Gasteiger partial charge in [0.15, 0.2) is 18.1 Å². The van der Waals surface area contributed by atoms with Gasteiger partial charge in [-0.15, -0.1) is 0 Å². The maximum absolute atomic E-state index is 12.9. The molecule has 0 spiro atoms. The molecular formula is C21H18N2O8. The Kier molecular flexibility index (Phi) is 6.20. The molecule has 31 heavy (non-hydrogen) atoms. The largest absolute Gasteiger partial charge is 0.497 e. The summed E-state index contributed by atoms with van der Waals surface area (Å²) in [4.78, 5) is 49.0. The van der Waals surface area contributed by atoms with E-state index in [1.54, 1.807) is 12.1 Å². The number of barbiturate groups is 1. The summed E-state index contributed by atoms with van der Waals surface area (Å²) < 4.78 is 15.4. The van der Waals surface area contributed by atoms with Crippen molar-refractivity contribution in [3.05, 3.63) is 53.6 Å². The molecule has 0 radical (unpaired) electrons. The molecule has 1 saturated heterocycles. The predicted molar refractivity (Wildman–Crippen MR) is 108 cm³/mol. The van der Waals surface area contributed by atoms with Crippen LogP contribution in [0.3, 0.4) is 0 Å². The van der Waals surface area contributed by atoms with E-state index >= 15 is 0 Å². The first-order chi connectivity index (χ1) is 14.8. The average molecular weight is 426 g/mol. The van der Waals surface area contributed by atoms with Crippen LogP contribution in [0.15, 0.2) is 48.0 Å². The number of anilines is 1. The number of ether oxygens (including phenoxy) is 3. The van der Waals surface area contributed by atoms with Crippen molar-refractivity contribution >= 4 is 35.6 Å². The molecule has 0 atom stereocenters. The van der Waals surface area contributed by atoms with Gasteiger partial charge in [0.25, 0.3) is 11.8 Å². The minimum atomic E-state index is -1.15. The Morgan fingerprint density at radius 3 is 2.35 bits per heavy atom. The fourth-order valence-corrected chi connectivity index (χ4v) is 2.82. The van der Waals surface area contributed by atoms with Gasteiger partial charge in [-0.2, -0.15) is 0 Å². The molecular weight excluding hydrogens is 408 g/mol. The molecule has 4 amide bonds.